The molecule has 6 nitrogen and oxygen atoms in total. The van der Waals surface area contributed by atoms with Crippen molar-refractivity contribution in [2.24, 2.45) is 0 Å². The van der Waals surface area contributed by atoms with Gasteiger partial charge in [0, 0.05) is 0 Å². The van der Waals surface area contributed by atoms with Gasteiger partial charge in [-0.3, -0.25) is 0 Å². The second-order valence-corrected chi connectivity index (χ2v) is 5.43. The van der Waals surface area contributed by atoms with E-state index in [9.17, 15) is 14.4 Å². The molecule has 0 aromatic heterocycles. The van der Waals surface area contributed by atoms with E-state index in [1.165, 1.54) is 9.80 Å². The summed E-state index contributed by atoms with van der Waals surface area (Å²) >= 11 is 0. The highest BCUT2D eigenvalue weighted by Gasteiger charge is 1.85. The van der Waals surface area contributed by atoms with E-state index in [0.29, 0.717) is 6.42 Å². The fourth-order valence-corrected chi connectivity index (χ4v) is 0.609. The minimum absolute atomic E-state index is 0.00965. The molecule has 0 aliphatic carbocycles. The summed E-state index contributed by atoms with van der Waals surface area (Å²) in [6, 6.07) is 0. The van der Waals surface area contributed by atoms with Gasteiger partial charge in [0.1, 0.15) is 0 Å². The van der Waals surface area contributed by atoms with Crippen LogP contribution in [0.2, 0.25) is 0 Å². The van der Waals surface area contributed by atoms with Crippen LogP contribution in [-0.4, -0.2) is 48.9 Å². The molecule has 0 spiro atoms. The summed E-state index contributed by atoms with van der Waals surface area (Å²) in [5.41, 5.74) is 0. The molecule has 0 rings (SSSR count). The van der Waals surface area contributed by atoms with Gasteiger partial charge in [0.15, 0.2) is 0 Å². The number of hydrogen-bond acceptors (Lipinski definition) is 4. The highest BCUT2D eigenvalue weighted by atomic mass is 31.2. The summed E-state index contributed by atoms with van der Waals surface area (Å²) in [7, 11) is 7.82. The van der Waals surface area contributed by atoms with Crippen molar-refractivity contribution in [3.8, 4) is 0 Å². The Hall–Kier alpha value is 0.0300. The fraction of sp³-hybridized carbons (Fsp3) is 1.00. The zero-order chi connectivity index (χ0) is 13.8. The number of rotatable bonds is 3. The summed E-state index contributed by atoms with van der Waals surface area (Å²) in [5.74, 6) is 0. The third-order valence-corrected chi connectivity index (χ3v) is 0.952. The minimum Gasteiger partial charge on any atom is -0.790 e. The highest BCUT2D eigenvalue weighted by Crippen LogP contribution is 2.23. The van der Waals surface area contributed by atoms with Gasteiger partial charge in [-0.05, 0) is 6.42 Å². The number of quaternary nitrogens is 2. The molecule has 0 radical (unpaired) electrons. The molecule has 16 heavy (non-hydrogen) atoms. The van der Waals surface area contributed by atoms with Crippen LogP contribution in [0.5, 0.6) is 0 Å². The van der Waals surface area contributed by atoms with Crippen LogP contribution in [0.4, 0.5) is 0 Å². The van der Waals surface area contributed by atoms with Crippen molar-refractivity contribution in [3.05, 3.63) is 0 Å². The lowest BCUT2D eigenvalue weighted by Crippen LogP contribution is -3.02. The molecular formula is C9H27N2O4P. The summed E-state index contributed by atoms with van der Waals surface area (Å²) < 4.78 is 13.5. The van der Waals surface area contributed by atoms with Crippen molar-refractivity contribution in [1.82, 2.24) is 0 Å². The van der Waals surface area contributed by atoms with Crippen LogP contribution in [0.1, 0.15) is 13.3 Å². The van der Waals surface area contributed by atoms with Crippen LogP contribution < -0.4 is 19.6 Å². The Morgan fingerprint density at radius 3 is 1.31 bits per heavy atom. The topological polar surface area (TPSA) is 81.3 Å². The summed E-state index contributed by atoms with van der Waals surface area (Å²) in [4.78, 5) is 22.1. The predicted molar refractivity (Wildman–Crippen MR) is 61.3 cm³/mol. The Morgan fingerprint density at radius 2 is 1.25 bits per heavy atom. The predicted octanol–water partition coefficient (Wildman–Crippen LogP) is -3.24. The zero-order valence-corrected chi connectivity index (χ0v) is 12.4. The van der Waals surface area contributed by atoms with E-state index in [2.05, 4.69) is 46.8 Å². The second-order valence-electron chi connectivity index (χ2n) is 4.28. The SMILES string of the molecule is CCCOP(=O)([O-])[O-].C[NH+](C)C.C[NH+](C)C. The van der Waals surface area contributed by atoms with Crippen molar-refractivity contribution in [1.29, 1.82) is 0 Å². The molecule has 0 saturated heterocycles. The largest absolute Gasteiger partial charge is 0.790 e. The lowest BCUT2D eigenvalue weighted by Gasteiger charge is -2.28. The average Bonchev–Trinajstić information content (AvgIpc) is 1.97. The number of phosphoric ester groups is 1. The van der Waals surface area contributed by atoms with Gasteiger partial charge < -0.3 is 28.7 Å². The van der Waals surface area contributed by atoms with Gasteiger partial charge in [-0.25, -0.2) is 0 Å². The lowest BCUT2D eigenvalue weighted by molar-refractivity contribution is -0.836. The quantitative estimate of drug-likeness (QED) is 0.521. The van der Waals surface area contributed by atoms with Gasteiger partial charge in [-0.15, -0.1) is 0 Å². The minimum atomic E-state index is -4.68. The van der Waals surface area contributed by atoms with Gasteiger partial charge in [0.2, 0.25) is 0 Å². The first kappa shape index (κ1) is 21.3. The van der Waals surface area contributed by atoms with E-state index < -0.39 is 7.82 Å². The molecule has 7 heteroatoms. The summed E-state index contributed by atoms with van der Waals surface area (Å²) in [6.07, 6.45) is 0.536. The lowest BCUT2D eigenvalue weighted by atomic mass is 10.5. The summed E-state index contributed by atoms with van der Waals surface area (Å²) in [6.45, 7) is 1.71. The van der Waals surface area contributed by atoms with Crippen molar-refractivity contribution >= 4 is 7.82 Å². The van der Waals surface area contributed by atoms with Crippen LogP contribution in [0, 0.1) is 0 Å². The first-order valence-corrected chi connectivity index (χ1v) is 6.69. The van der Waals surface area contributed by atoms with E-state index in [1.807, 2.05) is 0 Å². The Balaban J connectivity index is -0.000000179. The molecule has 0 atom stereocenters. The van der Waals surface area contributed by atoms with E-state index >= 15 is 0 Å². The molecule has 0 saturated carbocycles. The zero-order valence-electron chi connectivity index (χ0n) is 11.5. The van der Waals surface area contributed by atoms with Crippen LogP contribution in [0.3, 0.4) is 0 Å². The maximum atomic E-state index is 9.64. The van der Waals surface area contributed by atoms with Gasteiger partial charge in [-0.2, -0.15) is 0 Å². The Morgan fingerprint density at radius 1 is 1.00 bits per heavy atom. The molecular weight excluding hydrogens is 231 g/mol. The van der Waals surface area contributed by atoms with Crippen molar-refractivity contribution in [2.75, 3.05) is 48.9 Å². The third-order valence-electron chi connectivity index (χ3n) is 0.454. The first-order valence-electron chi connectivity index (χ1n) is 5.23. The maximum Gasteiger partial charge on any atom is 0.0661 e. The Kier molecular flexibility index (Phi) is 17.5. The number of hydrogen-bond donors (Lipinski definition) is 2. The second kappa shape index (κ2) is 13.1. The van der Waals surface area contributed by atoms with Gasteiger partial charge in [-0.1, -0.05) is 6.92 Å². The van der Waals surface area contributed by atoms with E-state index in [4.69, 9.17) is 0 Å². The van der Waals surface area contributed by atoms with E-state index in [0.717, 1.165) is 0 Å². The standard InChI is InChI=1S/2C3H9N.C3H9O4P/c2*1-4(2)3;1-2-3-7-8(4,5)6/h2*1-3H3;2-3H2,1H3,(H2,4,5,6). The molecule has 0 unspecified atom stereocenters. The normalized spacial score (nSPS) is 10.4. The molecule has 0 aromatic rings. The Bertz CT molecular complexity index is 159. The summed E-state index contributed by atoms with van der Waals surface area (Å²) in [5, 5.41) is 0. The first-order chi connectivity index (χ1) is 7.02. The number of nitrogens with one attached hydrogen (secondary N) is 2. The average molecular weight is 258 g/mol. The molecule has 2 N–H and O–H groups in total. The molecule has 0 aliphatic heterocycles. The van der Waals surface area contributed by atoms with Gasteiger partial charge >= 0.3 is 0 Å². The van der Waals surface area contributed by atoms with Crippen LogP contribution >= 0.6 is 7.82 Å². The molecule has 0 heterocycles. The van der Waals surface area contributed by atoms with Crippen molar-refractivity contribution in [2.45, 2.75) is 13.3 Å². The maximum absolute atomic E-state index is 9.64. The molecule has 0 bridgehead atoms. The molecule has 0 amide bonds. The number of phosphoric acid groups is 1. The van der Waals surface area contributed by atoms with E-state index in [-0.39, 0.29) is 6.61 Å². The molecule has 0 fully saturated rings. The third kappa shape index (κ3) is 94.1. The monoisotopic (exact) mass is 258 g/mol. The van der Waals surface area contributed by atoms with Gasteiger partial charge in [0.05, 0.1) is 56.7 Å². The molecule has 102 valence electrons. The molecule has 0 aliphatic rings. The van der Waals surface area contributed by atoms with Crippen LogP contribution in [0.15, 0.2) is 0 Å². The van der Waals surface area contributed by atoms with Crippen LogP contribution in [0.25, 0.3) is 0 Å². The van der Waals surface area contributed by atoms with Crippen molar-refractivity contribution in [3.63, 3.8) is 0 Å². The smallest absolute Gasteiger partial charge is 0.0661 e. The van der Waals surface area contributed by atoms with Crippen LogP contribution in [-0.2, 0) is 9.09 Å². The highest BCUT2D eigenvalue weighted by molar-refractivity contribution is 7.43. The van der Waals surface area contributed by atoms with Crippen molar-refractivity contribution < 1.29 is 28.7 Å². The van der Waals surface area contributed by atoms with Gasteiger partial charge in [0.25, 0.3) is 0 Å². The Labute approximate surface area is 99.4 Å². The molecule has 0 aromatic carbocycles. The fourth-order valence-electron chi connectivity index (χ4n) is 0.203. The van der Waals surface area contributed by atoms with E-state index in [1.54, 1.807) is 6.92 Å².